The molecular weight excluding hydrogens is 361 g/mol. The minimum atomic E-state index is -4.04. The molecule has 0 radical (unpaired) electrons. The Kier molecular flexibility index (Phi) is 5.30. The minimum absolute atomic E-state index is 0.123. The summed E-state index contributed by atoms with van der Waals surface area (Å²) in [5.41, 5.74) is 0.150. The molecular formula is C15H13ClFNO5S. The lowest BCUT2D eigenvalue weighted by atomic mass is 10.2. The van der Waals surface area contributed by atoms with Crippen molar-refractivity contribution in [2.24, 2.45) is 0 Å². The zero-order valence-corrected chi connectivity index (χ0v) is 14.0. The van der Waals surface area contributed by atoms with Gasteiger partial charge in [-0.3, -0.25) is 4.72 Å². The third-order valence-electron chi connectivity index (χ3n) is 3.00. The van der Waals surface area contributed by atoms with Crippen molar-refractivity contribution < 1.29 is 27.4 Å². The molecule has 6 nitrogen and oxygen atoms in total. The molecule has 0 saturated carbocycles. The first-order valence-electron chi connectivity index (χ1n) is 6.63. The molecule has 0 fully saturated rings. The number of hydrogen-bond acceptors (Lipinski definition) is 4. The lowest BCUT2D eigenvalue weighted by Gasteiger charge is -2.12. The number of rotatable bonds is 6. The molecule has 0 aliphatic carbocycles. The predicted molar refractivity (Wildman–Crippen MR) is 86.5 cm³/mol. The maximum Gasteiger partial charge on any atom is 0.341 e. The Morgan fingerprint density at radius 2 is 2.04 bits per heavy atom. The van der Waals surface area contributed by atoms with E-state index in [9.17, 15) is 17.6 Å². The largest absolute Gasteiger partial charge is 0.482 e. The predicted octanol–water partition coefficient (Wildman–Crippen LogP) is 3.05. The number of carbonyl (C=O) groups is 1. The van der Waals surface area contributed by atoms with Gasteiger partial charge >= 0.3 is 5.97 Å². The Morgan fingerprint density at radius 3 is 2.67 bits per heavy atom. The van der Waals surface area contributed by atoms with Gasteiger partial charge in [-0.15, -0.1) is 0 Å². The number of halogens is 2. The van der Waals surface area contributed by atoms with Crippen molar-refractivity contribution in [3.05, 3.63) is 52.8 Å². The molecule has 0 unspecified atom stereocenters. The van der Waals surface area contributed by atoms with E-state index in [-0.39, 0.29) is 21.4 Å². The van der Waals surface area contributed by atoms with Crippen molar-refractivity contribution in [1.82, 2.24) is 0 Å². The van der Waals surface area contributed by atoms with E-state index in [1.807, 2.05) is 0 Å². The highest BCUT2D eigenvalue weighted by molar-refractivity contribution is 7.92. The standard InChI is InChI=1S/C15H13ClFNO5S/c1-9-7-10(5-6-13(9)23-8-14(19)20)24(21,22)18-12-4-2-3-11(16)15(12)17/h2-7,18H,8H2,1H3,(H,19,20). The zero-order chi connectivity index (χ0) is 17.9. The van der Waals surface area contributed by atoms with Crippen LogP contribution in [0.4, 0.5) is 10.1 Å². The van der Waals surface area contributed by atoms with Crippen molar-refractivity contribution in [2.45, 2.75) is 11.8 Å². The molecule has 0 heterocycles. The molecule has 0 bridgehead atoms. The van der Waals surface area contributed by atoms with E-state index in [1.54, 1.807) is 6.92 Å². The van der Waals surface area contributed by atoms with Crippen LogP contribution in [0.2, 0.25) is 5.02 Å². The number of aliphatic carboxylic acids is 1. The van der Waals surface area contributed by atoms with Gasteiger partial charge in [0.25, 0.3) is 10.0 Å². The summed E-state index contributed by atoms with van der Waals surface area (Å²) in [4.78, 5) is 10.4. The molecule has 0 aromatic heterocycles. The molecule has 0 amide bonds. The Balaban J connectivity index is 2.28. The first kappa shape index (κ1) is 18.0. The van der Waals surface area contributed by atoms with Gasteiger partial charge in [0, 0.05) is 0 Å². The van der Waals surface area contributed by atoms with Crippen molar-refractivity contribution in [1.29, 1.82) is 0 Å². The highest BCUT2D eigenvalue weighted by Gasteiger charge is 2.18. The zero-order valence-electron chi connectivity index (χ0n) is 12.4. The normalized spacial score (nSPS) is 11.1. The lowest BCUT2D eigenvalue weighted by Crippen LogP contribution is -2.15. The molecule has 0 atom stereocenters. The molecule has 2 N–H and O–H groups in total. The number of sulfonamides is 1. The van der Waals surface area contributed by atoms with Gasteiger partial charge in [0.1, 0.15) is 5.75 Å². The van der Waals surface area contributed by atoms with E-state index in [0.717, 1.165) is 0 Å². The van der Waals surface area contributed by atoms with E-state index in [2.05, 4.69) is 4.72 Å². The first-order valence-corrected chi connectivity index (χ1v) is 8.49. The number of carboxylic acids is 1. The van der Waals surface area contributed by atoms with Crippen LogP contribution >= 0.6 is 11.6 Å². The van der Waals surface area contributed by atoms with Gasteiger partial charge < -0.3 is 9.84 Å². The van der Waals surface area contributed by atoms with E-state index < -0.39 is 28.4 Å². The number of anilines is 1. The summed E-state index contributed by atoms with van der Waals surface area (Å²) in [6.45, 7) is 1.02. The molecule has 2 rings (SSSR count). The molecule has 2 aromatic carbocycles. The summed E-state index contributed by atoms with van der Waals surface area (Å²) in [5, 5.41) is 8.38. The molecule has 128 valence electrons. The fourth-order valence-corrected chi connectivity index (χ4v) is 3.20. The van der Waals surface area contributed by atoms with Gasteiger partial charge in [0.2, 0.25) is 0 Å². The Labute approximate surface area is 142 Å². The summed E-state index contributed by atoms with van der Waals surface area (Å²) < 4.78 is 45.7. The van der Waals surface area contributed by atoms with Crippen molar-refractivity contribution in [3.63, 3.8) is 0 Å². The number of benzene rings is 2. The maximum atomic E-state index is 13.8. The summed E-state index contributed by atoms with van der Waals surface area (Å²) >= 11 is 5.62. The third kappa shape index (κ3) is 4.15. The van der Waals surface area contributed by atoms with Crippen molar-refractivity contribution in [3.8, 4) is 5.75 Å². The van der Waals surface area contributed by atoms with Gasteiger partial charge in [-0.1, -0.05) is 17.7 Å². The quantitative estimate of drug-likeness (QED) is 0.811. The monoisotopic (exact) mass is 373 g/mol. The molecule has 0 aliphatic heterocycles. The SMILES string of the molecule is Cc1cc(S(=O)(=O)Nc2cccc(Cl)c2F)ccc1OCC(=O)O. The highest BCUT2D eigenvalue weighted by atomic mass is 35.5. The average Bonchev–Trinajstić information content (AvgIpc) is 2.50. The van der Waals surface area contributed by atoms with Crippen LogP contribution in [0.5, 0.6) is 5.75 Å². The van der Waals surface area contributed by atoms with E-state index in [1.165, 1.54) is 36.4 Å². The molecule has 2 aromatic rings. The minimum Gasteiger partial charge on any atom is -0.482 e. The summed E-state index contributed by atoms with van der Waals surface area (Å²) in [6, 6.07) is 7.82. The highest BCUT2D eigenvalue weighted by Crippen LogP contribution is 2.26. The fraction of sp³-hybridized carbons (Fsp3) is 0.133. The molecule has 9 heteroatoms. The maximum absolute atomic E-state index is 13.8. The molecule has 24 heavy (non-hydrogen) atoms. The Bertz CT molecular complexity index is 885. The second kappa shape index (κ2) is 7.06. The van der Waals surface area contributed by atoms with Crippen LogP contribution in [0, 0.1) is 12.7 Å². The summed E-state index contributed by atoms with van der Waals surface area (Å²) in [6.07, 6.45) is 0. The van der Waals surface area contributed by atoms with Gasteiger partial charge in [-0.05, 0) is 42.8 Å². The third-order valence-corrected chi connectivity index (χ3v) is 4.66. The van der Waals surface area contributed by atoms with Gasteiger partial charge in [-0.2, -0.15) is 0 Å². The number of aryl methyl sites for hydroxylation is 1. The van der Waals surface area contributed by atoms with Gasteiger partial charge in [0.15, 0.2) is 12.4 Å². The number of ether oxygens (including phenoxy) is 1. The topological polar surface area (TPSA) is 92.7 Å². The lowest BCUT2D eigenvalue weighted by molar-refractivity contribution is -0.139. The van der Waals surface area contributed by atoms with Crippen LogP contribution < -0.4 is 9.46 Å². The second-order valence-electron chi connectivity index (χ2n) is 4.82. The van der Waals surface area contributed by atoms with Crippen LogP contribution in [0.3, 0.4) is 0 Å². The number of carboxylic acid groups (broad SMARTS) is 1. The molecule has 0 saturated heterocycles. The molecule has 0 spiro atoms. The van der Waals surface area contributed by atoms with Crippen LogP contribution in [-0.2, 0) is 14.8 Å². The first-order chi connectivity index (χ1) is 11.2. The Morgan fingerprint density at radius 1 is 1.33 bits per heavy atom. The van der Waals surface area contributed by atoms with Crippen LogP contribution in [0.15, 0.2) is 41.3 Å². The molecule has 0 aliphatic rings. The average molecular weight is 374 g/mol. The van der Waals surface area contributed by atoms with Gasteiger partial charge in [-0.25, -0.2) is 17.6 Å². The second-order valence-corrected chi connectivity index (χ2v) is 6.91. The van der Waals surface area contributed by atoms with Crippen LogP contribution in [0.1, 0.15) is 5.56 Å². The van der Waals surface area contributed by atoms with E-state index >= 15 is 0 Å². The van der Waals surface area contributed by atoms with E-state index in [0.29, 0.717) is 5.56 Å². The smallest absolute Gasteiger partial charge is 0.341 e. The van der Waals surface area contributed by atoms with Crippen LogP contribution in [-0.4, -0.2) is 26.1 Å². The number of hydrogen-bond donors (Lipinski definition) is 2. The summed E-state index contributed by atoms with van der Waals surface area (Å²) in [7, 11) is -4.04. The van der Waals surface area contributed by atoms with Crippen molar-refractivity contribution in [2.75, 3.05) is 11.3 Å². The van der Waals surface area contributed by atoms with E-state index in [4.69, 9.17) is 21.4 Å². The summed E-state index contributed by atoms with van der Waals surface area (Å²) in [5.74, 6) is -1.78. The fourth-order valence-electron chi connectivity index (χ4n) is 1.88. The van der Waals surface area contributed by atoms with Crippen LogP contribution in [0.25, 0.3) is 0 Å². The van der Waals surface area contributed by atoms with Gasteiger partial charge in [0.05, 0.1) is 15.6 Å². The Hall–Kier alpha value is -2.32. The number of nitrogens with one attached hydrogen (secondary N) is 1. The van der Waals surface area contributed by atoms with Crippen molar-refractivity contribution >= 4 is 33.3 Å².